The summed E-state index contributed by atoms with van der Waals surface area (Å²) >= 11 is 0. The third kappa shape index (κ3) is 3.82. The largest absolute Gasteiger partial charge is 0.358 e. The zero-order valence-corrected chi connectivity index (χ0v) is 16.8. The van der Waals surface area contributed by atoms with Gasteiger partial charge >= 0.3 is 0 Å². The molecule has 0 unspecified atom stereocenters. The summed E-state index contributed by atoms with van der Waals surface area (Å²) in [5.41, 5.74) is 4.96. The molecule has 152 valence electrons. The van der Waals surface area contributed by atoms with Gasteiger partial charge in [-0.3, -0.25) is 19.4 Å². The van der Waals surface area contributed by atoms with Crippen molar-refractivity contribution < 1.29 is 9.18 Å². The number of pyridine rings is 3. The molecule has 2 N–H and O–H groups in total. The van der Waals surface area contributed by atoms with Gasteiger partial charge in [0, 0.05) is 30.8 Å². The molecule has 9 heteroatoms. The maximum absolute atomic E-state index is 14.3. The second kappa shape index (κ2) is 7.86. The van der Waals surface area contributed by atoms with E-state index in [-0.39, 0.29) is 18.1 Å². The van der Waals surface area contributed by atoms with E-state index in [1.807, 2.05) is 6.92 Å². The summed E-state index contributed by atoms with van der Waals surface area (Å²) in [6.45, 7) is 3.81. The lowest BCUT2D eigenvalue weighted by Crippen LogP contribution is -2.23. The summed E-state index contributed by atoms with van der Waals surface area (Å²) < 4.78 is 15.8. The van der Waals surface area contributed by atoms with Crippen LogP contribution in [0.3, 0.4) is 0 Å². The van der Waals surface area contributed by atoms with Crippen LogP contribution in [0.25, 0.3) is 22.4 Å². The summed E-state index contributed by atoms with van der Waals surface area (Å²) in [6, 6.07) is 6.56. The van der Waals surface area contributed by atoms with Crippen molar-refractivity contribution >= 4 is 28.3 Å². The maximum Gasteiger partial charge on any atom is 0.241 e. The molecule has 1 amide bonds. The minimum absolute atomic E-state index is 0.100. The van der Waals surface area contributed by atoms with E-state index in [4.69, 9.17) is 0 Å². The standard InChI is InChI=1S/C21H20FN7O/c1-12-9-25-17(20-14(22)5-4-13(2)26-20)8-16(12)27-15-6-7-24-18-10-29(28-21(15)18)11-19(30)23-3/h4-10H,11H2,1-3H3,(H,23,30)(H,25,27). The van der Waals surface area contributed by atoms with Gasteiger partial charge in [-0.05, 0) is 43.7 Å². The highest BCUT2D eigenvalue weighted by Crippen LogP contribution is 2.29. The number of nitrogens with zero attached hydrogens (tertiary/aromatic N) is 5. The molecule has 0 radical (unpaired) electrons. The van der Waals surface area contributed by atoms with Crippen LogP contribution in [-0.4, -0.2) is 37.7 Å². The summed E-state index contributed by atoms with van der Waals surface area (Å²) in [6.07, 6.45) is 5.05. The first-order valence-electron chi connectivity index (χ1n) is 9.34. The van der Waals surface area contributed by atoms with Crippen LogP contribution in [0.15, 0.2) is 42.9 Å². The Labute approximate surface area is 172 Å². The van der Waals surface area contributed by atoms with Crippen LogP contribution in [0, 0.1) is 19.7 Å². The van der Waals surface area contributed by atoms with E-state index in [0.717, 1.165) is 11.3 Å². The predicted octanol–water partition coefficient (Wildman–Crippen LogP) is 3.13. The molecule has 0 saturated carbocycles. The van der Waals surface area contributed by atoms with Crippen molar-refractivity contribution in [2.75, 3.05) is 12.4 Å². The molecule has 0 fully saturated rings. The van der Waals surface area contributed by atoms with E-state index < -0.39 is 5.82 Å². The van der Waals surface area contributed by atoms with Crippen molar-refractivity contribution in [3.05, 3.63) is 59.9 Å². The highest BCUT2D eigenvalue weighted by Gasteiger charge is 2.13. The fraction of sp³-hybridized carbons (Fsp3) is 0.190. The number of halogens is 1. The molecule has 4 heterocycles. The molecule has 0 aliphatic carbocycles. The molecule has 8 nitrogen and oxygen atoms in total. The van der Waals surface area contributed by atoms with Gasteiger partial charge in [0.05, 0.1) is 17.6 Å². The van der Waals surface area contributed by atoms with Gasteiger partial charge in [0.1, 0.15) is 23.3 Å². The van der Waals surface area contributed by atoms with Crippen LogP contribution < -0.4 is 10.6 Å². The predicted molar refractivity (Wildman–Crippen MR) is 112 cm³/mol. The Morgan fingerprint density at radius 2 is 2.00 bits per heavy atom. The number of aromatic nitrogens is 5. The maximum atomic E-state index is 14.3. The fourth-order valence-electron chi connectivity index (χ4n) is 3.03. The van der Waals surface area contributed by atoms with E-state index >= 15 is 0 Å². The Kier molecular flexibility index (Phi) is 5.09. The normalized spacial score (nSPS) is 10.9. The van der Waals surface area contributed by atoms with Crippen molar-refractivity contribution in [2.24, 2.45) is 0 Å². The van der Waals surface area contributed by atoms with Crippen molar-refractivity contribution in [3.8, 4) is 11.4 Å². The molecule has 0 aliphatic heterocycles. The third-order valence-corrected chi connectivity index (χ3v) is 4.64. The number of nitrogens with one attached hydrogen (secondary N) is 2. The second-order valence-electron chi connectivity index (χ2n) is 6.88. The van der Waals surface area contributed by atoms with Gasteiger partial charge < -0.3 is 10.6 Å². The van der Waals surface area contributed by atoms with E-state index in [2.05, 4.69) is 30.7 Å². The van der Waals surface area contributed by atoms with Gasteiger partial charge in [-0.25, -0.2) is 9.37 Å². The zero-order chi connectivity index (χ0) is 21.3. The molecule has 4 aromatic rings. The number of fused-ring (bicyclic) bond motifs is 1. The number of hydrogen-bond acceptors (Lipinski definition) is 6. The molecule has 4 aromatic heterocycles. The van der Waals surface area contributed by atoms with Crippen molar-refractivity contribution in [1.82, 2.24) is 30.0 Å². The fourth-order valence-corrected chi connectivity index (χ4v) is 3.03. The van der Waals surface area contributed by atoms with Crippen molar-refractivity contribution in [2.45, 2.75) is 20.4 Å². The van der Waals surface area contributed by atoms with Gasteiger partial charge in [-0.15, -0.1) is 0 Å². The van der Waals surface area contributed by atoms with Crippen LogP contribution in [-0.2, 0) is 11.3 Å². The van der Waals surface area contributed by atoms with Crippen LogP contribution in [0.1, 0.15) is 11.3 Å². The monoisotopic (exact) mass is 405 g/mol. The van der Waals surface area contributed by atoms with E-state index in [1.54, 1.807) is 55.4 Å². The number of aryl methyl sites for hydroxylation is 2. The number of rotatable bonds is 5. The smallest absolute Gasteiger partial charge is 0.241 e. The Balaban J connectivity index is 1.71. The lowest BCUT2D eigenvalue weighted by molar-refractivity contribution is -0.121. The highest BCUT2D eigenvalue weighted by molar-refractivity contribution is 5.90. The number of likely N-dealkylation sites (N-methyl/N-ethyl adjacent to an activating group) is 1. The van der Waals surface area contributed by atoms with Crippen LogP contribution in [0.4, 0.5) is 15.8 Å². The van der Waals surface area contributed by atoms with Gasteiger partial charge in [0.25, 0.3) is 0 Å². The van der Waals surface area contributed by atoms with Crippen molar-refractivity contribution in [1.29, 1.82) is 0 Å². The summed E-state index contributed by atoms with van der Waals surface area (Å²) in [5.74, 6) is -0.582. The quantitative estimate of drug-likeness (QED) is 0.529. The summed E-state index contributed by atoms with van der Waals surface area (Å²) in [4.78, 5) is 24.6. The van der Waals surface area contributed by atoms with Crippen molar-refractivity contribution in [3.63, 3.8) is 0 Å². The first-order chi connectivity index (χ1) is 14.4. The zero-order valence-electron chi connectivity index (χ0n) is 16.8. The number of hydrogen-bond donors (Lipinski definition) is 2. The average molecular weight is 405 g/mol. The Hall–Kier alpha value is -3.88. The highest BCUT2D eigenvalue weighted by atomic mass is 19.1. The van der Waals surface area contributed by atoms with Gasteiger partial charge in [0.2, 0.25) is 5.91 Å². The average Bonchev–Trinajstić information content (AvgIpc) is 3.14. The topological polar surface area (TPSA) is 97.6 Å². The van der Waals surface area contributed by atoms with E-state index in [0.29, 0.717) is 28.1 Å². The summed E-state index contributed by atoms with van der Waals surface area (Å²) in [5, 5.41) is 10.4. The molecular formula is C21H20FN7O. The molecule has 30 heavy (non-hydrogen) atoms. The first-order valence-corrected chi connectivity index (χ1v) is 9.34. The lowest BCUT2D eigenvalue weighted by atomic mass is 10.1. The van der Waals surface area contributed by atoms with Crippen LogP contribution in [0.5, 0.6) is 0 Å². The molecule has 4 rings (SSSR count). The first kappa shape index (κ1) is 19.4. The number of anilines is 2. The van der Waals surface area contributed by atoms with E-state index in [9.17, 15) is 9.18 Å². The molecule has 0 spiro atoms. The number of amides is 1. The Morgan fingerprint density at radius 1 is 1.17 bits per heavy atom. The Bertz CT molecular complexity index is 1250. The number of carbonyl (C=O) groups excluding carboxylic acids is 1. The molecule has 0 bridgehead atoms. The van der Waals surface area contributed by atoms with E-state index in [1.165, 1.54) is 6.07 Å². The minimum atomic E-state index is -0.429. The van der Waals surface area contributed by atoms with Gasteiger partial charge in [-0.1, -0.05) is 0 Å². The Morgan fingerprint density at radius 3 is 2.80 bits per heavy atom. The molecule has 0 atom stereocenters. The second-order valence-corrected chi connectivity index (χ2v) is 6.88. The summed E-state index contributed by atoms with van der Waals surface area (Å²) in [7, 11) is 1.58. The van der Waals surface area contributed by atoms with Crippen LogP contribution in [0.2, 0.25) is 0 Å². The van der Waals surface area contributed by atoms with Crippen LogP contribution >= 0.6 is 0 Å². The molecular weight excluding hydrogens is 385 g/mol. The van der Waals surface area contributed by atoms with Gasteiger partial charge in [-0.2, -0.15) is 5.10 Å². The number of carbonyl (C=O) groups is 1. The SMILES string of the molecule is CNC(=O)Cn1cc2nccc(Nc3cc(-c4nc(C)ccc4F)ncc3C)c2n1. The molecule has 0 saturated heterocycles. The minimum Gasteiger partial charge on any atom is -0.358 e. The van der Waals surface area contributed by atoms with Gasteiger partial charge in [0.15, 0.2) is 5.82 Å². The molecule has 0 aromatic carbocycles. The molecule has 0 aliphatic rings. The lowest BCUT2D eigenvalue weighted by Gasteiger charge is -2.12. The third-order valence-electron chi connectivity index (χ3n) is 4.64.